The van der Waals surface area contributed by atoms with Gasteiger partial charge in [0, 0.05) is 29.9 Å². The summed E-state index contributed by atoms with van der Waals surface area (Å²) >= 11 is 7.33. The van der Waals surface area contributed by atoms with Crippen molar-refractivity contribution >= 4 is 55.9 Å². The molecule has 2 aliphatic heterocycles. The Bertz CT molecular complexity index is 1130. The number of aromatic nitrogens is 1. The van der Waals surface area contributed by atoms with Gasteiger partial charge in [-0.15, -0.1) is 0 Å². The van der Waals surface area contributed by atoms with Crippen LogP contribution in [0.5, 0.6) is 11.5 Å². The maximum absolute atomic E-state index is 12.7. The third-order valence-corrected chi connectivity index (χ3v) is 5.86. The van der Waals surface area contributed by atoms with E-state index in [1.54, 1.807) is 41.3 Å². The molecule has 10 heteroatoms. The van der Waals surface area contributed by atoms with Gasteiger partial charge in [0.1, 0.15) is 6.54 Å². The van der Waals surface area contributed by atoms with E-state index in [1.165, 1.54) is 16.2 Å². The maximum atomic E-state index is 12.7. The molecule has 1 aromatic heterocycles. The minimum absolute atomic E-state index is 0.0451. The van der Waals surface area contributed by atoms with Crippen LogP contribution < -0.4 is 19.7 Å². The number of hydrogen-bond acceptors (Lipinski definition) is 6. The average molecular weight is 431 g/mol. The Morgan fingerprint density at radius 3 is 2.93 bits per heavy atom. The molecule has 3 aromatic rings. The number of anilines is 2. The molecule has 0 atom stereocenters. The van der Waals surface area contributed by atoms with E-state index in [-0.39, 0.29) is 25.3 Å². The van der Waals surface area contributed by atoms with Crippen molar-refractivity contribution in [3.05, 3.63) is 41.4 Å². The van der Waals surface area contributed by atoms with E-state index in [4.69, 9.17) is 21.1 Å². The van der Waals surface area contributed by atoms with Gasteiger partial charge in [-0.1, -0.05) is 22.9 Å². The Morgan fingerprint density at radius 1 is 1.17 bits per heavy atom. The number of carbonyl (C=O) groups excluding carboxylic acids is 2. The van der Waals surface area contributed by atoms with Crippen molar-refractivity contribution in [2.45, 2.75) is 0 Å². The van der Waals surface area contributed by atoms with Crippen LogP contribution in [0.25, 0.3) is 10.2 Å². The number of urea groups is 1. The lowest BCUT2D eigenvalue weighted by molar-refractivity contribution is -0.116. The first-order chi connectivity index (χ1) is 14.1. The molecule has 3 amide bonds. The first kappa shape index (κ1) is 18.0. The number of halogens is 1. The monoisotopic (exact) mass is 430 g/mol. The van der Waals surface area contributed by atoms with Gasteiger partial charge in [-0.25, -0.2) is 9.78 Å². The second kappa shape index (κ2) is 7.09. The van der Waals surface area contributed by atoms with Crippen molar-refractivity contribution in [1.29, 1.82) is 0 Å². The Morgan fingerprint density at radius 2 is 2.03 bits per heavy atom. The van der Waals surface area contributed by atoms with E-state index in [0.29, 0.717) is 40.4 Å². The number of thiazole rings is 1. The molecule has 1 N–H and O–H groups in total. The predicted molar refractivity (Wildman–Crippen MR) is 110 cm³/mol. The number of benzene rings is 2. The molecule has 0 spiro atoms. The lowest BCUT2D eigenvalue weighted by Crippen LogP contribution is -2.37. The zero-order chi connectivity index (χ0) is 20.0. The van der Waals surface area contributed by atoms with E-state index in [2.05, 4.69) is 10.3 Å². The quantitative estimate of drug-likeness (QED) is 0.684. The summed E-state index contributed by atoms with van der Waals surface area (Å²) in [4.78, 5) is 32.7. The Balaban J connectivity index is 1.24. The number of ether oxygens (including phenoxy) is 2. The van der Waals surface area contributed by atoms with Gasteiger partial charge in [0.05, 0.1) is 10.2 Å². The number of nitrogens with one attached hydrogen (secondary N) is 1. The summed E-state index contributed by atoms with van der Waals surface area (Å²) in [5.74, 6) is 0.979. The summed E-state index contributed by atoms with van der Waals surface area (Å²) in [7, 11) is 0. The van der Waals surface area contributed by atoms with Crippen LogP contribution in [-0.2, 0) is 4.79 Å². The lowest BCUT2D eigenvalue weighted by Gasteiger charge is -2.18. The standard InChI is InChI=1S/C19H15ClN4O4S/c20-11-1-3-13-16(7-11)29-18(21-13)22-17(25)9-23-5-6-24(19(23)26)12-2-4-14-15(8-12)28-10-27-14/h1-4,7-8H,5-6,9-10H2,(H,21,22,25). The van der Waals surface area contributed by atoms with Crippen LogP contribution in [0.4, 0.5) is 15.6 Å². The van der Waals surface area contributed by atoms with Crippen LogP contribution in [0, 0.1) is 0 Å². The molecule has 2 aliphatic rings. The van der Waals surface area contributed by atoms with Gasteiger partial charge in [0.15, 0.2) is 16.6 Å². The minimum Gasteiger partial charge on any atom is -0.454 e. The summed E-state index contributed by atoms with van der Waals surface area (Å²) in [5.41, 5.74) is 1.48. The zero-order valence-corrected chi connectivity index (χ0v) is 16.6. The zero-order valence-electron chi connectivity index (χ0n) is 15.1. The number of amides is 3. The first-order valence-corrected chi connectivity index (χ1v) is 10.1. The molecule has 29 heavy (non-hydrogen) atoms. The minimum atomic E-state index is -0.295. The van der Waals surface area contributed by atoms with E-state index in [9.17, 15) is 9.59 Å². The van der Waals surface area contributed by atoms with Crippen molar-refractivity contribution in [3.63, 3.8) is 0 Å². The van der Waals surface area contributed by atoms with E-state index < -0.39 is 0 Å². The third kappa shape index (κ3) is 3.43. The van der Waals surface area contributed by atoms with Gasteiger partial charge in [-0.3, -0.25) is 9.69 Å². The van der Waals surface area contributed by atoms with Crippen LogP contribution in [-0.4, -0.2) is 48.2 Å². The van der Waals surface area contributed by atoms with Crippen LogP contribution in [0.3, 0.4) is 0 Å². The SMILES string of the molecule is O=C(CN1CCN(c2ccc3c(c2)OCO3)C1=O)Nc1nc2ccc(Cl)cc2s1. The molecule has 1 saturated heterocycles. The number of nitrogens with zero attached hydrogens (tertiary/aromatic N) is 3. The van der Waals surface area contributed by atoms with Gasteiger partial charge in [-0.05, 0) is 30.3 Å². The Labute approximate surface area is 174 Å². The topological polar surface area (TPSA) is 84.0 Å². The van der Waals surface area contributed by atoms with Crippen molar-refractivity contribution in [3.8, 4) is 11.5 Å². The lowest BCUT2D eigenvalue weighted by atomic mass is 10.2. The molecular weight excluding hydrogens is 416 g/mol. The highest BCUT2D eigenvalue weighted by molar-refractivity contribution is 7.22. The highest BCUT2D eigenvalue weighted by atomic mass is 35.5. The van der Waals surface area contributed by atoms with Crippen molar-refractivity contribution in [1.82, 2.24) is 9.88 Å². The fourth-order valence-corrected chi connectivity index (χ4v) is 4.46. The number of carbonyl (C=O) groups is 2. The molecule has 8 nitrogen and oxygen atoms in total. The summed E-state index contributed by atoms with van der Waals surface area (Å²) < 4.78 is 11.6. The molecule has 0 bridgehead atoms. The van der Waals surface area contributed by atoms with Crippen molar-refractivity contribution in [2.24, 2.45) is 0 Å². The van der Waals surface area contributed by atoms with E-state index in [1.807, 2.05) is 0 Å². The fourth-order valence-electron chi connectivity index (χ4n) is 3.31. The van der Waals surface area contributed by atoms with Gasteiger partial charge in [0.2, 0.25) is 12.7 Å². The number of fused-ring (bicyclic) bond motifs is 2. The second-order valence-electron chi connectivity index (χ2n) is 6.57. The molecule has 0 unspecified atom stereocenters. The number of hydrogen-bond donors (Lipinski definition) is 1. The van der Waals surface area contributed by atoms with Crippen LogP contribution >= 0.6 is 22.9 Å². The molecule has 2 aromatic carbocycles. The van der Waals surface area contributed by atoms with Crippen LogP contribution in [0.2, 0.25) is 5.02 Å². The summed E-state index contributed by atoms with van der Waals surface area (Å²) in [5, 5.41) is 3.86. The van der Waals surface area contributed by atoms with Gasteiger partial charge >= 0.3 is 6.03 Å². The smallest absolute Gasteiger partial charge is 0.325 e. The van der Waals surface area contributed by atoms with Crippen LogP contribution in [0.1, 0.15) is 0 Å². The maximum Gasteiger partial charge on any atom is 0.325 e. The molecule has 148 valence electrons. The number of rotatable bonds is 4. The van der Waals surface area contributed by atoms with Gasteiger partial charge in [0.25, 0.3) is 0 Å². The molecule has 5 rings (SSSR count). The highest BCUT2D eigenvalue weighted by Crippen LogP contribution is 2.36. The summed E-state index contributed by atoms with van der Waals surface area (Å²) in [6.45, 7) is 1.08. The summed E-state index contributed by atoms with van der Waals surface area (Å²) in [6, 6.07) is 10.5. The molecule has 0 aliphatic carbocycles. The molecule has 3 heterocycles. The van der Waals surface area contributed by atoms with Crippen LogP contribution in [0.15, 0.2) is 36.4 Å². The largest absolute Gasteiger partial charge is 0.454 e. The average Bonchev–Trinajstić information content (AvgIpc) is 3.40. The highest BCUT2D eigenvalue weighted by Gasteiger charge is 2.32. The Kier molecular flexibility index (Phi) is 4.40. The molecular formula is C19H15ClN4O4S. The van der Waals surface area contributed by atoms with E-state index in [0.717, 1.165) is 10.2 Å². The molecule has 0 radical (unpaired) electrons. The first-order valence-electron chi connectivity index (χ1n) is 8.89. The molecule has 1 fully saturated rings. The fraction of sp³-hybridized carbons (Fsp3) is 0.211. The third-order valence-electron chi connectivity index (χ3n) is 4.69. The van der Waals surface area contributed by atoms with Gasteiger partial charge in [-0.2, -0.15) is 0 Å². The Hall–Kier alpha value is -3.04. The van der Waals surface area contributed by atoms with Gasteiger partial charge < -0.3 is 19.7 Å². The normalized spacial score (nSPS) is 15.4. The molecule has 0 saturated carbocycles. The second-order valence-corrected chi connectivity index (χ2v) is 8.04. The predicted octanol–water partition coefficient (Wildman–Crippen LogP) is 3.56. The van der Waals surface area contributed by atoms with Crippen molar-refractivity contribution < 1.29 is 19.1 Å². The van der Waals surface area contributed by atoms with Crippen molar-refractivity contribution in [2.75, 3.05) is 36.6 Å². The van der Waals surface area contributed by atoms with E-state index >= 15 is 0 Å². The summed E-state index contributed by atoms with van der Waals surface area (Å²) in [6.07, 6.45) is 0.